The molecule has 0 rings (SSSR count). The SMILES string of the molecule is CCCC(C)(C)OC(C)(C)CCC. The van der Waals surface area contributed by atoms with Crippen molar-refractivity contribution < 1.29 is 4.74 Å². The molecule has 0 aliphatic carbocycles. The fraction of sp³-hybridized carbons (Fsp3) is 1.00. The van der Waals surface area contributed by atoms with Gasteiger partial charge in [-0.3, -0.25) is 0 Å². The lowest BCUT2D eigenvalue weighted by Gasteiger charge is -2.36. The minimum atomic E-state index is 0.0351. The van der Waals surface area contributed by atoms with Crippen LogP contribution in [0.2, 0.25) is 0 Å². The van der Waals surface area contributed by atoms with Crippen molar-refractivity contribution in [3.05, 3.63) is 0 Å². The fourth-order valence-electron chi connectivity index (χ4n) is 2.05. The normalized spacial score (nSPS) is 13.4. The van der Waals surface area contributed by atoms with E-state index in [1.807, 2.05) is 0 Å². The molecule has 0 amide bonds. The molecule has 0 aliphatic rings. The molecular formula is C12H26O. The third-order valence-corrected chi connectivity index (χ3v) is 2.26. The highest BCUT2D eigenvalue weighted by molar-refractivity contribution is 4.76. The van der Waals surface area contributed by atoms with Gasteiger partial charge in [-0.05, 0) is 40.5 Å². The third kappa shape index (κ3) is 6.09. The zero-order chi connectivity index (χ0) is 10.5. The van der Waals surface area contributed by atoms with Crippen molar-refractivity contribution in [2.24, 2.45) is 0 Å². The molecule has 0 N–H and O–H groups in total. The maximum absolute atomic E-state index is 6.11. The summed E-state index contributed by atoms with van der Waals surface area (Å²) in [5.74, 6) is 0. The summed E-state index contributed by atoms with van der Waals surface area (Å²) in [5.41, 5.74) is 0.0703. The molecule has 0 aromatic rings. The minimum Gasteiger partial charge on any atom is -0.370 e. The van der Waals surface area contributed by atoms with E-state index in [-0.39, 0.29) is 11.2 Å². The first kappa shape index (κ1) is 13.0. The Hall–Kier alpha value is -0.0400. The molecular weight excluding hydrogens is 160 g/mol. The Morgan fingerprint density at radius 2 is 1.08 bits per heavy atom. The van der Waals surface area contributed by atoms with Crippen LogP contribution in [0.1, 0.15) is 67.2 Å². The Kier molecular flexibility index (Phi) is 4.98. The van der Waals surface area contributed by atoms with E-state index in [9.17, 15) is 0 Å². The van der Waals surface area contributed by atoms with Crippen LogP contribution >= 0.6 is 0 Å². The van der Waals surface area contributed by atoms with Crippen molar-refractivity contribution in [2.45, 2.75) is 78.4 Å². The molecule has 0 aromatic heterocycles. The van der Waals surface area contributed by atoms with Crippen molar-refractivity contribution in [3.63, 3.8) is 0 Å². The molecule has 0 saturated carbocycles. The van der Waals surface area contributed by atoms with Gasteiger partial charge in [-0.15, -0.1) is 0 Å². The van der Waals surface area contributed by atoms with Crippen LogP contribution in [0.4, 0.5) is 0 Å². The van der Waals surface area contributed by atoms with Gasteiger partial charge in [0.05, 0.1) is 11.2 Å². The second kappa shape index (κ2) is 4.99. The molecule has 80 valence electrons. The van der Waals surface area contributed by atoms with E-state index in [4.69, 9.17) is 4.74 Å². The highest BCUT2D eigenvalue weighted by atomic mass is 16.5. The van der Waals surface area contributed by atoms with Gasteiger partial charge in [0, 0.05) is 0 Å². The zero-order valence-electron chi connectivity index (χ0n) is 10.2. The molecule has 0 bridgehead atoms. The molecule has 0 heterocycles. The van der Waals surface area contributed by atoms with Gasteiger partial charge in [-0.1, -0.05) is 26.7 Å². The highest BCUT2D eigenvalue weighted by Gasteiger charge is 2.27. The first-order chi connectivity index (χ1) is 5.83. The van der Waals surface area contributed by atoms with Gasteiger partial charge >= 0.3 is 0 Å². The predicted octanol–water partition coefficient (Wildman–Crippen LogP) is 4.16. The lowest BCUT2D eigenvalue weighted by atomic mass is 9.98. The van der Waals surface area contributed by atoms with Crippen molar-refractivity contribution in [1.82, 2.24) is 0 Å². The molecule has 0 radical (unpaired) electrons. The van der Waals surface area contributed by atoms with Crippen molar-refractivity contribution >= 4 is 0 Å². The van der Waals surface area contributed by atoms with Crippen molar-refractivity contribution in [2.75, 3.05) is 0 Å². The summed E-state index contributed by atoms with van der Waals surface area (Å²) in [7, 11) is 0. The van der Waals surface area contributed by atoms with Crippen LogP contribution in [0.5, 0.6) is 0 Å². The Balaban J connectivity index is 4.07. The molecule has 0 unspecified atom stereocenters. The maximum atomic E-state index is 6.11. The Labute approximate surface area is 83.9 Å². The number of ether oxygens (including phenoxy) is 1. The van der Waals surface area contributed by atoms with E-state index in [0.29, 0.717) is 0 Å². The highest BCUT2D eigenvalue weighted by Crippen LogP contribution is 2.27. The van der Waals surface area contributed by atoms with Crippen LogP contribution in [0.15, 0.2) is 0 Å². The van der Waals surface area contributed by atoms with Crippen molar-refractivity contribution in [3.8, 4) is 0 Å². The van der Waals surface area contributed by atoms with Crippen LogP contribution in [-0.4, -0.2) is 11.2 Å². The summed E-state index contributed by atoms with van der Waals surface area (Å²) >= 11 is 0. The summed E-state index contributed by atoms with van der Waals surface area (Å²) in [6.45, 7) is 13.2. The van der Waals surface area contributed by atoms with Crippen LogP contribution in [0.25, 0.3) is 0 Å². The summed E-state index contributed by atoms with van der Waals surface area (Å²) in [6.07, 6.45) is 4.66. The first-order valence-corrected chi connectivity index (χ1v) is 5.53. The minimum absolute atomic E-state index is 0.0351. The Bertz CT molecular complexity index is 120. The van der Waals surface area contributed by atoms with E-state index < -0.39 is 0 Å². The van der Waals surface area contributed by atoms with Crippen molar-refractivity contribution in [1.29, 1.82) is 0 Å². The second-order valence-electron chi connectivity index (χ2n) is 5.12. The molecule has 1 nitrogen and oxygen atoms in total. The second-order valence-corrected chi connectivity index (χ2v) is 5.12. The lowest BCUT2D eigenvalue weighted by Crippen LogP contribution is -2.36. The van der Waals surface area contributed by atoms with E-state index in [1.165, 1.54) is 12.8 Å². The van der Waals surface area contributed by atoms with Gasteiger partial charge in [0.2, 0.25) is 0 Å². The average Bonchev–Trinajstić information content (AvgIpc) is 1.82. The average molecular weight is 186 g/mol. The molecule has 0 atom stereocenters. The molecule has 0 spiro atoms. The predicted molar refractivity (Wildman–Crippen MR) is 59.1 cm³/mol. The molecule has 0 saturated heterocycles. The quantitative estimate of drug-likeness (QED) is 0.605. The van der Waals surface area contributed by atoms with Gasteiger partial charge in [-0.2, -0.15) is 0 Å². The summed E-state index contributed by atoms with van der Waals surface area (Å²) < 4.78 is 6.11. The standard InChI is InChI=1S/C12H26O/c1-7-9-11(3,4)13-12(5,6)10-8-2/h7-10H2,1-6H3. The Morgan fingerprint density at radius 3 is 1.31 bits per heavy atom. The monoisotopic (exact) mass is 186 g/mol. The molecule has 0 aliphatic heterocycles. The number of hydrogen-bond acceptors (Lipinski definition) is 1. The van der Waals surface area contributed by atoms with Crippen LogP contribution in [0.3, 0.4) is 0 Å². The van der Waals surface area contributed by atoms with Crippen LogP contribution in [0, 0.1) is 0 Å². The molecule has 1 heteroatoms. The van der Waals surface area contributed by atoms with Gasteiger partial charge in [0.1, 0.15) is 0 Å². The van der Waals surface area contributed by atoms with Gasteiger partial charge in [0.15, 0.2) is 0 Å². The topological polar surface area (TPSA) is 9.23 Å². The van der Waals surface area contributed by atoms with Gasteiger partial charge in [0.25, 0.3) is 0 Å². The number of rotatable bonds is 6. The van der Waals surface area contributed by atoms with E-state index in [2.05, 4.69) is 41.5 Å². The van der Waals surface area contributed by atoms with Gasteiger partial charge < -0.3 is 4.74 Å². The summed E-state index contributed by atoms with van der Waals surface area (Å²) in [4.78, 5) is 0. The molecule has 0 fully saturated rings. The molecule has 13 heavy (non-hydrogen) atoms. The zero-order valence-corrected chi connectivity index (χ0v) is 10.2. The smallest absolute Gasteiger partial charge is 0.0633 e. The summed E-state index contributed by atoms with van der Waals surface area (Å²) in [6, 6.07) is 0. The van der Waals surface area contributed by atoms with Crippen LogP contribution in [-0.2, 0) is 4.74 Å². The number of hydrogen-bond donors (Lipinski definition) is 0. The summed E-state index contributed by atoms with van der Waals surface area (Å²) in [5, 5.41) is 0. The fourth-order valence-corrected chi connectivity index (χ4v) is 2.05. The Morgan fingerprint density at radius 1 is 0.769 bits per heavy atom. The van der Waals surface area contributed by atoms with E-state index in [0.717, 1.165) is 12.8 Å². The third-order valence-electron chi connectivity index (χ3n) is 2.26. The van der Waals surface area contributed by atoms with Crippen LogP contribution < -0.4 is 0 Å². The van der Waals surface area contributed by atoms with Gasteiger partial charge in [-0.25, -0.2) is 0 Å². The molecule has 0 aromatic carbocycles. The maximum Gasteiger partial charge on any atom is 0.0633 e. The largest absolute Gasteiger partial charge is 0.370 e. The van der Waals surface area contributed by atoms with E-state index in [1.54, 1.807) is 0 Å². The van der Waals surface area contributed by atoms with E-state index >= 15 is 0 Å². The lowest BCUT2D eigenvalue weighted by molar-refractivity contribution is -0.129. The first-order valence-electron chi connectivity index (χ1n) is 5.53.